The molecular weight excluding hydrogens is 390 g/mol. The van der Waals surface area contributed by atoms with E-state index in [1.54, 1.807) is 0 Å². The quantitative estimate of drug-likeness (QED) is 0.373. The maximum absolute atomic E-state index is 12.0. The first-order valence-corrected chi connectivity index (χ1v) is 11.1. The predicted molar refractivity (Wildman–Crippen MR) is 126 cm³/mol. The molecule has 0 aliphatic heterocycles. The summed E-state index contributed by atoms with van der Waals surface area (Å²) < 4.78 is 5.32. The van der Waals surface area contributed by atoms with Gasteiger partial charge in [0.1, 0.15) is 5.82 Å². The van der Waals surface area contributed by atoms with Gasteiger partial charge in [-0.15, -0.1) is 0 Å². The van der Waals surface area contributed by atoms with Crippen molar-refractivity contribution < 1.29 is 9.53 Å². The van der Waals surface area contributed by atoms with Gasteiger partial charge in [-0.05, 0) is 45.0 Å². The smallest absolute Gasteiger partial charge is 0.310 e. The van der Waals surface area contributed by atoms with Crippen molar-refractivity contribution in [2.24, 2.45) is 0 Å². The van der Waals surface area contributed by atoms with Crippen LogP contribution < -0.4 is 11.1 Å². The fraction of sp³-hybridized carbons (Fsp3) is 0.542. The van der Waals surface area contributed by atoms with Crippen molar-refractivity contribution in [1.82, 2.24) is 14.9 Å². The first-order chi connectivity index (χ1) is 14.9. The highest BCUT2D eigenvalue weighted by Crippen LogP contribution is 2.22. The molecule has 1 aromatic carbocycles. The summed E-state index contributed by atoms with van der Waals surface area (Å²) >= 11 is 0. The lowest BCUT2D eigenvalue weighted by molar-refractivity contribution is -0.143. The third kappa shape index (κ3) is 8.92. The average Bonchev–Trinajstić information content (AvgIpc) is 2.72. The second-order valence-electron chi connectivity index (χ2n) is 8.18. The van der Waals surface area contributed by atoms with Crippen molar-refractivity contribution in [1.29, 1.82) is 0 Å². The van der Waals surface area contributed by atoms with E-state index in [0.717, 1.165) is 54.1 Å². The number of carbonyl (C=O) groups is 1. The number of aromatic nitrogens is 2. The summed E-state index contributed by atoms with van der Waals surface area (Å²) in [4.78, 5) is 22.9. The molecular formula is C24H37N5O2. The number of benzene rings is 1. The van der Waals surface area contributed by atoms with Crippen LogP contribution in [0.15, 0.2) is 24.3 Å². The Hall–Kier alpha value is -2.67. The summed E-state index contributed by atoms with van der Waals surface area (Å²) in [6, 6.07) is 8.06. The molecule has 0 atom stereocenters. The Morgan fingerprint density at radius 3 is 2.48 bits per heavy atom. The zero-order valence-electron chi connectivity index (χ0n) is 19.4. The molecule has 0 radical (unpaired) electrons. The molecule has 0 amide bonds. The first kappa shape index (κ1) is 24.6. The highest BCUT2D eigenvalue weighted by molar-refractivity contribution is 5.72. The SMILES string of the molecule is CCCCCNc1nc(N)nc(C)c1Cc1ccc(CC(=O)OCCCN(C)C)cc1. The normalized spacial score (nSPS) is 11.0. The van der Waals surface area contributed by atoms with Crippen molar-refractivity contribution in [2.45, 2.75) is 52.4 Å². The number of aryl methyl sites for hydroxylation is 1. The van der Waals surface area contributed by atoms with Crippen LogP contribution in [0, 0.1) is 6.92 Å². The molecule has 0 fully saturated rings. The molecule has 3 N–H and O–H groups in total. The van der Waals surface area contributed by atoms with Crippen LogP contribution in [0.2, 0.25) is 0 Å². The minimum atomic E-state index is -0.187. The largest absolute Gasteiger partial charge is 0.465 e. The van der Waals surface area contributed by atoms with Crippen LogP contribution in [0.3, 0.4) is 0 Å². The van der Waals surface area contributed by atoms with Crippen molar-refractivity contribution in [3.05, 3.63) is 46.6 Å². The minimum absolute atomic E-state index is 0.187. The van der Waals surface area contributed by atoms with Gasteiger partial charge >= 0.3 is 5.97 Å². The molecule has 0 bridgehead atoms. The Bertz CT molecular complexity index is 821. The second kappa shape index (κ2) is 12.9. The lowest BCUT2D eigenvalue weighted by Gasteiger charge is -2.14. The number of esters is 1. The Kier molecular flexibility index (Phi) is 10.2. The molecule has 7 nitrogen and oxygen atoms in total. The Morgan fingerprint density at radius 2 is 1.81 bits per heavy atom. The average molecular weight is 428 g/mol. The fourth-order valence-electron chi connectivity index (χ4n) is 3.32. The molecule has 0 aliphatic carbocycles. The first-order valence-electron chi connectivity index (χ1n) is 11.1. The van der Waals surface area contributed by atoms with Crippen LogP contribution in [0.5, 0.6) is 0 Å². The van der Waals surface area contributed by atoms with Gasteiger partial charge in [0, 0.05) is 30.8 Å². The van der Waals surface area contributed by atoms with Gasteiger partial charge < -0.3 is 20.7 Å². The van der Waals surface area contributed by atoms with Crippen molar-refractivity contribution >= 4 is 17.7 Å². The highest BCUT2D eigenvalue weighted by atomic mass is 16.5. The Labute approximate surface area is 186 Å². The van der Waals surface area contributed by atoms with E-state index in [0.29, 0.717) is 19.0 Å². The number of nitrogens with one attached hydrogen (secondary N) is 1. The number of unbranched alkanes of at least 4 members (excludes halogenated alkanes) is 2. The van der Waals surface area contributed by atoms with Gasteiger partial charge in [0.05, 0.1) is 13.0 Å². The molecule has 1 heterocycles. The van der Waals surface area contributed by atoms with E-state index < -0.39 is 0 Å². The number of rotatable bonds is 13. The highest BCUT2D eigenvalue weighted by Gasteiger charge is 2.12. The molecule has 0 spiro atoms. The maximum Gasteiger partial charge on any atom is 0.310 e. The molecule has 7 heteroatoms. The van der Waals surface area contributed by atoms with Gasteiger partial charge in [-0.25, -0.2) is 4.98 Å². The van der Waals surface area contributed by atoms with Crippen LogP contribution in [0.4, 0.5) is 11.8 Å². The summed E-state index contributed by atoms with van der Waals surface area (Å²) in [6.07, 6.45) is 5.29. The number of ether oxygens (including phenoxy) is 1. The molecule has 2 rings (SSSR count). The van der Waals surface area contributed by atoms with Gasteiger partial charge in [0.15, 0.2) is 0 Å². The van der Waals surface area contributed by atoms with E-state index >= 15 is 0 Å². The fourth-order valence-corrected chi connectivity index (χ4v) is 3.32. The second-order valence-corrected chi connectivity index (χ2v) is 8.18. The van der Waals surface area contributed by atoms with E-state index in [-0.39, 0.29) is 12.4 Å². The monoisotopic (exact) mass is 427 g/mol. The lowest BCUT2D eigenvalue weighted by atomic mass is 10.0. The van der Waals surface area contributed by atoms with Gasteiger partial charge in [-0.2, -0.15) is 4.98 Å². The zero-order valence-corrected chi connectivity index (χ0v) is 19.4. The molecule has 0 aliphatic rings. The van der Waals surface area contributed by atoms with E-state index in [2.05, 4.69) is 27.1 Å². The molecule has 2 aromatic rings. The summed E-state index contributed by atoms with van der Waals surface area (Å²) in [6.45, 7) is 6.38. The molecule has 170 valence electrons. The topological polar surface area (TPSA) is 93.4 Å². The van der Waals surface area contributed by atoms with Crippen LogP contribution in [-0.2, 0) is 22.4 Å². The Morgan fingerprint density at radius 1 is 1.10 bits per heavy atom. The summed E-state index contributed by atoms with van der Waals surface area (Å²) in [7, 11) is 4.01. The minimum Gasteiger partial charge on any atom is -0.465 e. The number of nitrogens with zero attached hydrogens (tertiary/aromatic N) is 3. The van der Waals surface area contributed by atoms with Gasteiger partial charge in [-0.1, -0.05) is 44.0 Å². The third-order valence-electron chi connectivity index (χ3n) is 5.07. The number of hydrogen-bond donors (Lipinski definition) is 2. The number of carbonyl (C=O) groups excluding carboxylic acids is 1. The van der Waals surface area contributed by atoms with Crippen LogP contribution in [0.25, 0.3) is 0 Å². The van der Waals surface area contributed by atoms with E-state index in [1.807, 2.05) is 45.3 Å². The molecule has 0 saturated heterocycles. The number of anilines is 2. The van der Waals surface area contributed by atoms with Gasteiger partial charge in [-0.3, -0.25) is 4.79 Å². The summed E-state index contributed by atoms with van der Waals surface area (Å²) in [5.74, 6) is 0.915. The van der Waals surface area contributed by atoms with Crippen molar-refractivity contribution in [2.75, 3.05) is 44.8 Å². The van der Waals surface area contributed by atoms with Crippen molar-refractivity contribution in [3.63, 3.8) is 0 Å². The van der Waals surface area contributed by atoms with E-state index in [9.17, 15) is 4.79 Å². The van der Waals surface area contributed by atoms with Crippen LogP contribution >= 0.6 is 0 Å². The van der Waals surface area contributed by atoms with Gasteiger partial charge in [0.25, 0.3) is 0 Å². The molecule has 31 heavy (non-hydrogen) atoms. The number of hydrogen-bond acceptors (Lipinski definition) is 7. The summed E-state index contributed by atoms with van der Waals surface area (Å²) in [5, 5.41) is 3.42. The van der Waals surface area contributed by atoms with E-state index in [1.165, 1.54) is 12.8 Å². The molecule has 1 aromatic heterocycles. The Balaban J connectivity index is 1.95. The van der Waals surface area contributed by atoms with Crippen molar-refractivity contribution in [3.8, 4) is 0 Å². The van der Waals surface area contributed by atoms with E-state index in [4.69, 9.17) is 10.5 Å². The molecule has 0 saturated carbocycles. The maximum atomic E-state index is 12.0. The third-order valence-corrected chi connectivity index (χ3v) is 5.07. The number of nitrogen functional groups attached to an aromatic ring is 1. The van der Waals surface area contributed by atoms with Crippen LogP contribution in [-0.4, -0.2) is 54.6 Å². The number of nitrogens with two attached hydrogens (primary N) is 1. The van der Waals surface area contributed by atoms with Gasteiger partial charge in [0.2, 0.25) is 5.95 Å². The summed E-state index contributed by atoms with van der Waals surface area (Å²) in [5.41, 5.74) is 9.89. The van der Waals surface area contributed by atoms with Crippen LogP contribution in [0.1, 0.15) is 55.0 Å². The molecule has 0 unspecified atom stereocenters. The predicted octanol–water partition coefficient (Wildman–Crippen LogP) is 3.60. The standard InChI is InChI=1S/C24H37N5O2/c1-5-6-7-13-26-23-21(18(2)27-24(25)28-23)16-19-9-11-20(12-10-19)17-22(30)31-15-8-14-29(3)4/h9-12H,5-8,13-17H2,1-4H3,(H3,25,26,27,28). The zero-order chi connectivity index (χ0) is 22.6. The lowest BCUT2D eigenvalue weighted by Crippen LogP contribution is -2.16.